The van der Waals surface area contributed by atoms with Gasteiger partial charge >= 0.3 is 5.97 Å². The Balaban J connectivity index is 3.89. The maximum atomic E-state index is 11.3. The molecular formula is C11H23NO3. The zero-order valence-electron chi connectivity index (χ0n) is 10.3. The molecule has 0 aromatic heterocycles. The molecule has 0 aliphatic rings. The Bertz CT molecular complexity index is 196. The molecule has 0 aliphatic carbocycles. The highest BCUT2D eigenvalue weighted by atomic mass is 16.6. The van der Waals surface area contributed by atoms with Crippen molar-refractivity contribution in [1.82, 2.24) is 5.32 Å². The second-order valence-corrected chi connectivity index (χ2v) is 5.00. The zero-order chi connectivity index (χ0) is 12.1. The van der Waals surface area contributed by atoms with Crippen molar-refractivity contribution in [2.45, 2.75) is 46.3 Å². The fourth-order valence-corrected chi connectivity index (χ4v) is 1.10. The Morgan fingerprint density at radius 3 is 2.27 bits per heavy atom. The normalized spacial score (nSPS) is 14.1. The first-order valence-electron chi connectivity index (χ1n) is 5.32. The van der Waals surface area contributed by atoms with E-state index >= 15 is 0 Å². The predicted molar refractivity (Wildman–Crippen MR) is 59.6 cm³/mol. The summed E-state index contributed by atoms with van der Waals surface area (Å²) in [6.45, 7) is 9.64. The molecule has 15 heavy (non-hydrogen) atoms. The van der Waals surface area contributed by atoms with Gasteiger partial charge in [0.25, 0.3) is 0 Å². The van der Waals surface area contributed by atoms with Gasteiger partial charge in [0.1, 0.15) is 5.60 Å². The molecule has 0 spiro atoms. The summed E-state index contributed by atoms with van der Waals surface area (Å²) in [6.07, 6.45) is 0. The van der Waals surface area contributed by atoms with Gasteiger partial charge in [-0.25, -0.2) is 0 Å². The molecular weight excluding hydrogens is 194 g/mol. The Hall–Kier alpha value is -0.610. The minimum absolute atomic E-state index is 0.0282. The summed E-state index contributed by atoms with van der Waals surface area (Å²) in [7, 11) is 0. The molecule has 1 atom stereocenters. The van der Waals surface area contributed by atoms with Gasteiger partial charge in [-0.3, -0.25) is 4.79 Å². The molecule has 0 saturated carbocycles. The number of ether oxygens (including phenoxy) is 1. The van der Waals surface area contributed by atoms with Gasteiger partial charge in [-0.15, -0.1) is 0 Å². The molecule has 0 heterocycles. The molecule has 1 unspecified atom stereocenters. The minimum Gasteiger partial charge on any atom is -0.459 e. The number of esters is 1. The van der Waals surface area contributed by atoms with Crippen molar-refractivity contribution in [1.29, 1.82) is 0 Å². The highest BCUT2D eigenvalue weighted by molar-refractivity contribution is 5.72. The van der Waals surface area contributed by atoms with Crippen molar-refractivity contribution < 1.29 is 14.6 Å². The van der Waals surface area contributed by atoms with Gasteiger partial charge in [0.05, 0.1) is 13.2 Å². The van der Waals surface area contributed by atoms with E-state index in [4.69, 9.17) is 9.84 Å². The third kappa shape index (κ3) is 7.33. The van der Waals surface area contributed by atoms with Crippen LogP contribution in [-0.4, -0.2) is 35.9 Å². The highest BCUT2D eigenvalue weighted by Gasteiger charge is 2.18. The maximum Gasteiger partial charge on any atom is 0.320 e. The first kappa shape index (κ1) is 14.4. The van der Waals surface area contributed by atoms with Crippen molar-refractivity contribution in [3.63, 3.8) is 0 Å². The van der Waals surface area contributed by atoms with Crippen molar-refractivity contribution >= 4 is 5.97 Å². The van der Waals surface area contributed by atoms with E-state index in [1.807, 2.05) is 34.6 Å². The smallest absolute Gasteiger partial charge is 0.320 e. The Morgan fingerprint density at radius 1 is 1.40 bits per heavy atom. The molecule has 0 aromatic carbocycles. The van der Waals surface area contributed by atoms with E-state index in [1.54, 1.807) is 0 Å². The highest BCUT2D eigenvalue weighted by Crippen LogP contribution is 2.06. The fourth-order valence-electron chi connectivity index (χ4n) is 1.10. The number of carbonyl (C=O) groups excluding carboxylic acids is 1. The van der Waals surface area contributed by atoms with Crippen LogP contribution >= 0.6 is 0 Å². The molecule has 90 valence electrons. The quantitative estimate of drug-likeness (QED) is 0.673. The molecule has 0 radical (unpaired) electrons. The van der Waals surface area contributed by atoms with Crippen molar-refractivity contribution in [3.05, 3.63) is 0 Å². The molecule has 0 amide bonds. The van der Waals surface area contributed by atoms with E-state index in [-0.39, 0.29) is 31.1 Å². The standard InChI is InChI=1S/C11H23NO3/c1-8(2)9(7-13)12-6-10(14)15-11(3,4)5/h8-9,12-13H,6-7H2,1-5H3. The summed E-state index contributed by atoms with van der Waals surface area (Å²) in [6, 6.07) is -0.0579. The SMILES string of the molecule is CC(C)C(CO)NCC(=O)OC(C)(C)C. The molecule has 2 N–H and O–H groups in total. The molecule has 0 saturated heterocycles. The second kappa shape index (κ2) is 6.08. The van der Waals surface area contributed by atoms with Gasteiger partial charge < -0.3 is 15.2 Å². The first-order valence-corrected chi connectivity index (χ1v) is 5.32. The van der Waals surface area contributed by atoms with Crippen LogP contribution in [0, 0.1) is 5.92 Å². The predicted octanol–water partition coefficient (Wildman–Crippen LogP) is 0.935. The minimum atomic E-state index is -0.453. The maximum absolute atomic E-state index is 11.3. The van der Waals surface area contributed by atoms with E-state index in [0.717, 1.165) is 0 Å². The van der Waals surface area contributed by atoms with Crippen LogP contribution in [0.5, 0.6) is 0 Å². The summed E-state index contributed by atoms with van der Waals surface area (Å²) >= 11 is 0. The molecule has 0 aromatic rings. The van der Waals surface area contributed by atoms with Crippen molar-refractivity contribution in [2.75, 3.05) is 13.2 Å². The van der Waals surface area contributed by atoms with Crippen LogP contribution in [0.25, 0.3) is 0 Å². The van der Waals surface area contributed by atoms with E-state index < -0.39 is 5.60 Å². The van der Waals surface area contributed by atoms with Gasteiger partial charge in [0.2, 0.25) is 0 Å². The largest absolute Gasteiger partial charge is 0.459 e. The average Bonchev–Trinajstić information content (AvgIpc) is 2.01. The van der Waals surface area contributed by atoms with Crippen LogP contribution in [0.4, 0.5) is 0 Å². The summed E-state index contributed by atoms with van der Waals surface area (Å²) in [5.41, 5.74) is -0.453. The Kier molecular flexibility index (Phi) is 5.83. The molecule has 0 fully saturated rings. The summed E-state index contributed by atoms with van der Waals surface area (Å²) < 4.78 is 5.13. The number of hydrogen-bond donors (Lipinski definition) is 2. The number of hydrogen-bond acceptors (Lipinski definition) is 4. The Labute approximate surface area is 92.0 Å². The van der Waals surface area contributed by atoms with Crippen LogP contribution in [0.15, 0.2) is 0 Å². The van der Waals surface area contributed by atoms with Gasteiger partial charge in [-0.05, 0) is 26.7 Å². The topological polar surface area (TPSA) is 58.6 Å². The van der Waals surface area contributed by atoms with Crippen LogP contribution < -0.4 is 5.32 Å². The Morgan fingerprint density at radius 2 is 1.93 bits per heavy atom. The lowest BCUT2D eigenvalue weighted by Gasteiger charge is -2.22. The van der Waals surface area contributed by atoms with Crippen LogP contribution in [0.3, 0.4) is 0 Å². The van der Waals surface area contributed by atoms with E-state index in [9.17, 15) is 4.79 Å². The number of aliphatic hydroxyl groups is 1. The molecule has 4 heteroatoms. The van der Waals surface area contributed by atoms with Gasteiger partial charge in [-0.1, -0.05) is 13.8 Å². The third-order valence-corrected chi connectivity index (χ3v) is 1.93. The van der Waals surface area contributed by atoms with Crippen LogP contribution in [-0.2, 0) is 9.53 Å². The lowest BCUT2D eigenvalue weighted by molar-refractivity contribution is -0.153. The number of carbonyl (C=O) groups is 1. The van der Waals surface area contributed by atoms with Gasteiger partial charge in [0, 0.05) is 6.04 Å². The van der Waals surface area contributed by atoms with Crippen molar-refractivity contribution in [3.8, 4) is 0 Å². The molecule has 0 aliphatic heterocycles. The number of rotatable bonds is 5. The first-order chi connectivity index (χ1) is 6.76. The summed E-state index contributed by atoms with van der Waals surface area (Å²) in [5.74, 6) is -0.000892. The zero-order valence-corrected chi connectivity index (χ0v) is 10.3. The third-order valence-electron chi connectivity index (χ3n) is 1.93. The van der Waals surface area contributed by atoms with Crippen LogP contribution in [0.1, 0.15) is 34.6 Å². The van der Waals surface area contributed by atoms with Crippen LogP contribution in [0.2, 0.25) is 0 Å². The molecule has 0 rings (SSSR count). The van der Waals surface area contributed by atoms with Gasteiger partial charge in [-0.2, -0.15) is 0 Å². The number of aliphatic hydroxyl groups excluding tert-OH is 1. The van der Waals surface area contributed by atoms with E-state index in [1.165, 1.54) is 0 Å². The number of nitrogens with one attached hydrogen (secondary N) is 1. The average molecular weight is 217 g/mol. The van der Waals surface area contributed by atoms with Crippen molar-refractivity contribution in [2.24, 2.45) is 5.92 Å². The lowest BCUT2D eigenvalue weighted by Crippen LogP contribution is -2.41. The second-order valence-electron chi connectivity index (χ2n) is 5.00. The van der Waals surface area contributed by atoms with Gasteiger partial charge in [0.15, 0.2) is 0 Å². The summed E-state index contributed by atoms with van der Waals surface area (Å²) in [5, 5.41) is 12.0. The molecule has 4 nitrogen and oxygen atoms in total. The van der Waals surface area contributed by atoms with E-state index in [0.29, 0.717) is 0 Å². The fraction of sp³-hybridized carbons (Fsp3) is 0.909. The molecule has 0 bridgehead atoms. The monoisotopic (exact) mass is 217 g/mol. The van der Waals surface area contributed by atoms with E-state index in [2.05, 4.69) is 5.32 Å². The summed E-state index contributed by atoms with van der Waals surface area (Å²) in [4.78, 5) is 11.3. The lowest BCUT2D eigenvalue weighted by atomic mass is 10.1.